The molecule has 1 amide bonds. The molecule has 3 saturated heterocycles. The average molecular weight is 700 g/mol. The van der Waals surface area contributed by atoms with Crippen molar-refractivity contribution in [2.45, 2.75) is 88.9 Å². The number of rotatable bonds is 9. The van der Waals surface area contributed by atoms with Gasteiger partial charge in [0.25, 0.3) is 0 Å². The number of ether oxygens (including phenoxy) is 2. The maximum atomic E-state index is 15.1. The number of anilines is 1. The zero-order valence-electron chi connectivity index (χ0n) is 29.8. The number of hydrogen-bond acceptors (Lipinski definition) is 6. The number of carbonyl (C=O) groups is 2. The van der Waals surface area contributed by atoms with Crippen LogP contribution in [0.4, 0.5) is 18.9 Å². The van der Waals surface area contributed by atoms with Gasteiger partial charge in [0.2, 0.25) is 5.91 Å². The highest BCUT2D eigenvalue weighted by atomic mass is 19.4. The van der Waals surface area contributed by atoms with Crippen molar-refractivity contribution < 1.29 is 37.3 Å². The van der Waals surface area contributed by atoms with Crippen LogP contribution in [0.2, 0.25) is 0 Å². The number of amides is 1. The van der Waals surface area contributed by atoms with Crippen LogP contribution in [0.5, 0.6) is 5.75 Å². The van der Waals surface area contributed by atoms with E-state index in [1.165, 1.54) is 18.9 Å². The van der Waals surface area contributed by atoms with E-state index in [4.69, 9.17) is 9.47 Å². The quantitative estimate of drug-likeness (QED) is 0.301. The summed E-state index contributed by atoms with van der Waals surface area (Å²) in [6, 6.07) is 12.2. The van der Waals surface area contributed by atoms with Crippen LogP contribution in [0, 0.1) is 17.3 Å². The summed E-state index contributed by atoms with van der Waals surface area (Å²) >= 11 is 0. The van der Waals surface area contributed by atoms with Gasteiger partial charge in [-0.1, -0.05) is 25.1 Å². The number of carboxylic acids is 1. The van der Waals surface area contributed by atoms with E-state index >= 15 is 4.79 Å². The SMILES string of the molecule is COC[C@@H]1C[C@@H](c2ccc(C(F)(F)F)cc2N2CCC(C(=O)O)CC2)CN1C(=O)[C@]1(C)CN(C2CCC(C)CC2)C[C@H]1c1ccc(OC)cc1. The Balaban J connectivity index is 1.31. The highest BCUT2D eigenvalue weighted by Gasteiger charge is 2.54. The lowest BCUT2D eigenvalue weighted by molar-refractivity contribution is -0.143. The van der Waals surface area contributed by atoms with Gasteiger partial charge in [0.15, 0.2) is 0 Å². The van der Waals surface area contributed by atoms with Crippen LogP contribution in [-0.2, 0) is 20.5 Å². The number of piperidine rings is 1. The van der Waals surface area contributed by atoms with Crippen LogP contribution < -0.4 is 9.64 Å². The van der Waals surface area contributed by atoms with E-state index in [0.29, 0.717) is 69.7 Å². The molecule has 0 spiro atoms. The molecule has 0 unspecified atom stereocenters. The van der Waals surface area contributed by atoms with Gasteiger partial charge in [0.05, 0.1) is 36.7 Å². The van der Waals surface area contributed by atoms with E-state index < -0.39 is 29.0 Å². The van der Waals surface area contributed by atoms with Crippen molar-refractivity contribution in [3.8, 4) is 5.75 Å². The van der Waals surface area contributed by atoms with Crippen molar-refractivity contribution in [1.29, 1.82) is 0 Å². The van der Waals surface area contributed by atoms with Gasteiger partial charge in [-0.15, -0.1) is 0 Å². The maximum Gasteiger partial charge on any atom is 0.416 e. The first-order chi connectivity index (χ1) is 23.8. The van der Waals surface area contributed by atoms with Gasteiger partial charge >= 0.3 is 12.1 Å². The molecule has 3 heterocycles. The minimum Gasteiger partial charge on any atom is -0.497 e. The van der Waals surface area contributed by atoms with E-state index in [9.17, 15) is 23.1 Å². The van der Waals surface area contributed by atoms with Crippen LogP contribution in [0.25, 0.3) is 0 Å². The Labute approximate surface area is 293 Å². The van der Waals surface area contributed by atoms with Crippen LogP contribution in [0.3, 0.4) is 0 Å². The number of halogens is 3. The van der Waals surface area contributed by atoms with Gasteiger partial charge in [-0.3, -0.25) is 14.5 Å². The molecule has 0 bridgehead atoms. The van der Waals surface area contributed by atoms with E-state index in [-0.39, 0.29) is 23.8 Å². The molecule has 2 aromatic rings. The average Bonchev–Trinajstić information content (AvgIpc) is 3.69. The fourth-order valence-electron chi connectivity index (χ4n) is 9.22. The van der Waals surface area contributed by atoms with Crippen molar-refractivity contribution in [1.82, 2.24) is 9.80 Å². The number of methoxy groups -OCH3 is 2. The number of aliphatic carboxylic acids is 1. The predicted molar refractivity (Wildman–Crippen MR) is 186 cm³/mol. The first kappa shape index (κ1) is 36.5. The lowest BCUT2D eigenvalue weighted by Crippen LogP contribution is -2.49. The summed E-state index contributed by atoms with van der Waals surface area (Å²) in [7, 11) is 3.26. The molecule has 11 heteroatoms. The third-order valence-corrected chi connectivity index (χ3v) is 12.2. The molecular weight excluding hydrogens is 647 g/mol. The lowest BCUT2D eigenvalue weighted by Gasteiger charge is -2.37. The number of likely N-dealkylation sites (tertiary alicyclic amines) is 2. The molecule has 1 aliphatic carbocycles. The molecule has 0 aromatic heterocycles. The summed E-state index contributed by atoms with van der Waals surface area (Å²) in [5.41, 5.74) is 0.904. The minimum atomic E-state index is -4.52. The Hall–Kier alpha value is -3.31. The van der Waals surface area contributed by atoms with Crippen LogP contribution >= 0.6 is 0 Å². The molecule has 1 N–H and O–H groups in total. The Bertz CT molecular complexity index is 1500. The first-order valence-corrected chi connectivity index (χ1v) is 18.2. The summed E-state index contributed by atoms with van der Waals surface area (Å²) in [5, 5.41) is 9.54. The molecule has 50 heavy (non-hydrogen) atoms. The summed E-state index contributed by atoms with van der Waals surface area (Å²) in [4.78, 5) is 33.1. The summed E-state index contributed by atoms with van der Waals surface area (Å²) < 4.78 is 53.1. The Kier molecular flexibility index (Phi) is 10.8. The molecule has 8 nitrogen and oxygen atoms in total. The van der Waals surface area contributed by atoms with Gasteiger partial charge in [-0.25, -0.2) is 0 Å². The van der Waals surface area contributed by atoms with Gasteiger partial charge < -0.3 is 24.4 Å². The number of carbonyl (C=O) groups excluding carboxylic acids is 1. The molecule has 1 saturated carbocycles. The second-order valence-electron chi connectivity index (χ2n) is 15.5. The van der Waals surface area contributed by atoms with Gasteiger partial charge in [-0.05, 0) is 93.2 Å². The molecule has 3 aliphatic heterocycles. The monoisotopic (exact) mass is 699 g/mol. The predicted octanol–water partition coefficient (Wildman–Crippen LogP) is 7.03. The Morgan fingerprint density at radius 2 is 1.64 bits per heavy atom. The number of benzene rings is 2. The van der Waals surface area contributed by atoms with E-state index in [2.05, 4.69) is 30.9 Å². The normalized spacial score (nSPS) is 29.8. The molecule has 4 atom stereocenters. The number of hydrogen-bond donors (Lipinski definition) is 1. The third kappa shape index (κ3) is 7.36. The fourth-order valence-corrected chi connectivity index (χ4v) is 9.22. The summed E-state index contributed by atoms with van der Waals surface area (Å²) in [5.74, 6) is -0.0760. The van der Waals surface area contributed by atoms with Crippen LogP contribution in [0.1, 0.15) is 87.3 Å². The summed E-state index contributed by atoms with van der Waals surface area (Å²) in [6.45, 7) is 7.27. The van der Waals surface area contributed by atoms with E-state index in [0.717, 1.165) is 42.3 Å². The van der Waals surface area contributed by atoms with Crippen molar-refractivity contribution in [2.75, 3.05) is 58.5 Å². The second kappa shape index (κ2) is 14.7. The third-order valence-electron chi connectivity index (χ3n) is 12.2. The molecule has 2 aromatic carbocycles. The Morgan fingerprint density at radius 1 is 0.960 bits per heavy atom. The minimum absolute atomic E-state index is 0.0420. The van der Waals surface area contributed by atoms with Gasteiger partial charge in [0, 0.05) is 63.4 Å². The van der Waals surface area contributed by atoms with E-state index in [1.54, 1.807) is 20.3 Å². The van der Waals surface area contributed by atoms with Gasteiger partial charge in [-0.2, -0.15) is 13.2 Å². The summed E-state index contributed by atoms with van der Waals surface area (Å²) in [6.07, 6.45) is 1.41. The fraction of sp³-hybridized carbons (Fsp3) is 0.641. The van der Waals surface area contributed by atoms with Crippen molar-refractivity contribution in [2.24, 2.45) is 17.3 Å². The zero-order valence-corrected chi connectivity index (χ0v) is 29.8. The van der Waals surface area contributed by atoms with Crippen LogP contribution in [-0.4, -0.2) is 92.4 Å². The number of alkyl halides is 3. The maximum absolute atomic E-state index is 15.1. The van der Waals surface area contributed by atoms with Crippen molar-refractivity contribution >= 4 is 17.6 Å². The van der Waals surface area contributed by atoms with Crippen molar-refractivity contribution in [3.63, 3.8) is 0 Å². The molecular formula is C39H52F3N3O5. The number of nitrogens with zero attached hydrogens (tertiary/aromatic N) is 3. The van der Waals surface area contributed by atoms with Crippen molar-refractivity contribution in [3.05, 3.63) is 59.2 Å². The lowest BCUT2D eigenvalue weighted by atomic mass is 9.74. The largest absolute Gasteiger partial charge is 0.497 e. The molecule has 4 aliphatic rings. The van der Waals surface area contributed by atoms with E-state index in [1.807, 2.05) is 21.9 Å². The molecule has 0 radical (unpaired) electrons. The first-order valence-electron chi connectivity index (χ1n) is 18.2. The smallest absolute Gasteiger partial charge is 0.416 e. The number of carboxylic acid groups (broad SMARTS) is 1. The topological polar surface area (TPSA) is 82.5 Å². The molecule has 274 valence electrons. The standard InChI is InChI=1S/C39H52F3N3O5/c1-25-5-10-30(11-6-25)44-22-34(26-7-12-32(50-4)13-8-26)38(2,24-44)37(48)45-21-28(19-31(45)23-49-3)33-14-9-29(39(40,41)42)20-35(33)43-17-15-27(16-18-43)36(46)47/h7-9,12-14,20,25,27-28,30-31,34H,5-6,10-11,15-19,21-24H2,1-4H3,(H,46,47)/t25?,28-,30?,31+,34+,38-/m1/s1. The molecule has 4 fully saturated rings. The van der Waals surface area contributed by atoms with Gasteiger partial charge in [0.1, 0.15) is 5.75 Å². The zero-order chi connectivity index (χ0) is 35.8. The Morgan fingerprint density at radius 3 is 2.24 bits per heavy atom. The van der Waals surface area contributed by atoms with Crippen LogP contribution in [0.15, 0.2) is 42.5 Å². The highest BCUT2D eigenvalue weighted by Crippen LogP contribution is 2.49. The highest BCUT2D eigenvalue weighted by molar-refractivity contribution is 5.85. The molecule has 6 rings (SSSR count). The second-order valence-corrected chi connectivity index (χ2v) is 15.5.